The summed E-state index contributed by atoms with van der Waals surface area (Å²) in [6, 6.07) is 15.9. The van der Waals surface area contributed by atoms with Crippen molar-refractivity contribution in [3.8, 4) is 17.6 Å². The third kappa shape index (κ3) is 4.66. The molecule has 0 saturated carbocycles. The Labute approximate surface area is 163 Å². The van der Waals surface area contributed by atoms with Gasteiger partial charge in [-0.1, -0.05) is 31.5 Å². The molecule has 0 N–H and O–H groups in total. The quantitative estimate of drug-likeness (QED) is 0.360. The van der Waals surface area contributed by atoms with E-state index < -0.39 is 0 Å². The highest BCUT2D eigenvalue weighted by Crippen LogP contribution is 2.32. The lowest BCUT2D eigenvalue weighted by molar-refractivity contribution is 0.272. The maximum absolute atomic E-state index is 9.63. The zero-order valence-electron chi connectivity index (χ0n) is 15.6. The van der Waals surface area contributed by atoms with Crippen molar-refractivity contribution in [2.45, 2.75) is 26.7 Å². The molecule has 0 bridgehead atoms. The molecule has 0 atom stereocenters. The van der Waals surface area contributed by atoms with Crippen LogP contribution in [0, 0.1) is 11.3 Å². The van der Waals surface area contributed by atoms with Crippen molar-refractivity contribution in [3.05, 3.63) is 53.0 Å². The lowest BCUT2D eigenvalue weighted by Gasteiger charge is -2.12. The molecule has 0 aliphatic rings. The normalized spacial score (nSPS) is 11.4. The van der Waals surface area contributed by atoms with Gasteiger partial charge in [-0.05, 0) is 49.2 Å². The van der Waals surface area contributed by atoms with E-state index in [9.17, 15) is 5.26 Å². The minimum atomic E-state index is 0.540. The Kier molecular flexibility index (Phi) is 6.45. The van der Waals surface area contributed by atoms with Crippen LogP contribution in [0.5, 0.6) is 11.5 Å². The maximum atomic E-state index is 9.63. The summed E-state index contributed by atoms with van der Waals surface area (Å²) in [4.78, 5) is 4.58. The average Bonchev–Trinajstić information content (AvgIpc) is 3.12. The number of para-hydroxylation sites is 1. The van der Waals surface area contributed by atoms with Crippen LogP contribution in [0.1, 0.15) is 37.3 Å². The molecule has 2 aromatic carbocycles. The molecular formula is C22H22N2O2S. The van der Waals surface area contributed by atoms with Gasteiger partial charge >= 0.3 is 0 Å². The van der Waals surface area contributed by atoms with Gasteiger partial charge in [0, 0.05) is 0 Å². The molecule has 3 rings (SSSR count). The van der Waals surface area contributed by atoms with Gasteiger partial charge in [-0.3, -0.25) is 0 Å². The Hall–Kier alpha value is -2.84. The van der Waals surface area contributed by atoms with Gasteiger partial charge in [-0.25, -0.2) is 4.98 Å². The van der Waals surface area contributed by atoms with Crippen LogP contribution in [0.4, 0.5) is 0 Å². The average molecular weight is 378 g/mol. The van der Waals surface area contributed by atoms with Gasteiger partial charge < -0.3 is 9.47 Å². The van der Waals surface area contributed by atoms with Crippen LogP contribution in [0.2, 0.25) is 0 Å². The van der Waals surface area contributed by atoms with E-state index in [4.69, 9.17) is 9.47 Å². The highest BCUT2D eigenvalue weighted by atomic mass is 32.1. The highest BCUT2D eigenvalue weighted by Gasteiger charge is 2.10. The molecule has 0 fully saturated rings. The summed E-state index contributed by atoms with van der Waals surface area (Å²) in [5, 5.41) is 10.4. The Balaban J connectivity index is 1.91. The van der Waals surface area contributed by atoms with Crippen molar-refractivity contribution < 1.29 is 9.47 Å². The minimum Gasteiger partial charge on any atom is -0.490 e. The topological polar surface area (TPSA) is 55.1 Å². The summed E-state index contributed by atoms with van der Waals surface area (Å²) in [5.41, 5.74) is 2.34. The number of allylic oxidation sites excluding steroid dienone is 1. The van der Waals surface area contributed by atoms with Gasteiger partial charge in [-0.2, -0.15) is 5.26 Å². The molecule has 0 aliphatic carbocycles. The smallest absolute Gasteiger partial charge is 0.161 e. The molecule has 4 nitrogen and oxygen atoms in total. The molecule has 0 amide bonds. The molecule has 0 saturated heterocycles. The summed E-state index contributed by atoms with van der Waals surface area (Å²) >= 11 is 1.52. The summed E-state index contributed by atoms with van der Waals surface area (Å²) in [6.07, 6.45) is 3.93. The largest absolute Gasteiger partial charge is 0.490 e. The van der Waals surface area contributed by atoms with E-state index >= 15 is 0 Å². The zero-order chi connectivity index (χ0) is 19.1. The van der Waals surface area contributed by atoms with Crippen molar-refractivity contribution in [3.63, 3.8) is 0 Å². The van der Waals surface area contributed by atoms with Gasteiger partial charge in [0.25, 0.3) is 0 Å². The first kappa shape index (κ1) is 18.9. The van der Waals surface area contributed by atoms with E-state index in [1.807, 2.05) is 55.5 Å². The second-order valence-corrected chi connectivity index (χ2v) is 7.03. The molecule has 138 valence electrons. The van der Waals surface area contributed by atoms with Crippen LogP contribution in [-0.2, 0) is 0 Å². The molecule has 0 radical (unpaired) electrons. The number of hydrogen-bond donors (Lipinski definition) is 0. The lowest BCUT2D eigenvalue weighted by atomic mass is 10.1. The first-order valence-electron chi connectivity index (χ1n) is 9.12. The maximum Gasteiger partial charge on any atom is 0.161 e. The van der Waals surface area contributed by atoms with E-state index in [-0.39, 0.29) is 0 Å². The summed E-state index contributed by atoms with van der Waals surface area (Å²) < 4.78 is 12.6. The summed E-state index contributed by atoms with van der Waals surface area (Å²) in [7, 11) is 0. The number of aromatic nitrogens is 1. The fraction of sp³-hybridized carbons (Fsp3) is 0.273. The molecule has 3 aromatic rings. The van der Waals surface area contributed by atoms with Gasteiger partial charge in [0.1, 0.15) is 11.1 Å². The highest BCUT2D eigenvalue weighted by molar-refractivity contribution is 7.19. The molecule has 1 aromatic heterocycles. The molecular weight excluding hydrogens is 356 g/mol. The lowest BCUT2D eigenvalue weighted by Crippen LogP contribution is -2.00. The third-order valence-electron chi connectivity index (χ3n) is 3.98. The second kappa shape index (κ2) is 9.20. The number of rotatable bonds is 8. The van der Waals surface area contributed by atoms with Crippen molar-refractivity contribution >= 4 is 33.2 Å². The van der Waals surface area contributed by atoms with E-state index in [2.05, 4.69) is 18.0 Å². The number of nitrogens with zero attached hydrogens (tertiary/aromatic N) is 2. The molecule has 0 unspecified atom stereocenters. The van der Waals surface area contributed by atoms with Gasteiger partial charge in [0.2, 0.25) is 0 Å². The predicted molar refractivity (Wildman–Crippen MR) is 111 cm³/mol. The van der Waals surface area contributed by atoms with Crippen molar-refractivity contribution in [2.24, 2.45) is 0 Å². The van der Waals surface area contributed by atoms with Crippen molar-refractivity contribution in [1.82, 2.24) is 4.98 Å². The van der Waals surface area contributed by atoms with Gasteiger partial charge in [0.05, 0.1) is 29.0 Å². The number of thiazole rings is 1. The molecule has 1 heterocycles. The van der Waals surface area contributed by atoms with Gasteiger partial charge in [-0.15, -0.1) is 11.3 Å². The molecule has 0 spiro atoms. The van der Waals surface area contributed by atoms with Crippen molar-refractivity contribution in [1.29, 1.82) is 5.26 Å². The monoisotopic (exact) mass is 378 g/mol. The first-order chi connectivity index (χ1) is 13.2. The Morgan fingerprint density at radius 2 is 2.00 bits per heavy atom. The van der Waals surface area contributed by atoms with E-state index in [0.717, 1.165) is 39.4 Å². The SMILES string of the molecule is CCCCOc1ccc(C=C(C#N)c2nc3ccccc3s2)cc1OCC. The Morgan fingerprint density at radius 1 is 1.15 bits per heavy atom. The van der Waals surface area contributed by atoms with Crippen LogP contribution in [-0.4, -0.2) is 18.2 Å². The number of hydrogen-bond acceptors (Lipinski definition) is 5. The number of fused-ring (bicyclic) bond motifs is 1. The van der Waals surface area contributed by atoms with E-state index in [0.29, 0.717) is 24.5 Å². The second-order valence-electron chi connectivity index (χ2n) is 6.00. The number of ether oxygens (including phenoxy) is 2. The number of unbranched alkanes of at least 4 members (excludes halogenated alkanes) is 1. The predicted octanol–water partition coefficient (Wildman–Crippen LogP) is 5.94. The Morgan fingerprint density at radius 3 is 2.74 bits per heavy atom. The number of benzene rings is 2. The van der Waals surface area contributed by atoms with E-state index in [1.54, 1.807) is 0 Å². The van der Waals surface area contributed by atoms with Gasteiger partial charge in [0.15, 0.2) is 11.5 Å². The first-order valence-corrected chi connectivity index (χ1v) is 9.94. The summed E-state index contributed by atoms with van der Waals surface area (Å²) in [5.74, 6) is 1.44. The molecule has 5 heteroatoms. The van der Waals surface area contributed by atoms with Crippen molar-refractivity contribution in [2.75, 3.05) is 13.2 Å². The van der Waals surface area contributed by atoms with Crippen LogP contribution in [0.25, 0.3) is 21.9 Å². The third-order valence-corrected chi connectivity index (χ3v) is 5.05. The van der Waals surface area contributed by atoms with Crippen LogP contribution in [0.3, 0.4) is 0 Å². The number of nitriles is 1. The summed E-state index contributed by atoms with van der Waals surface area (Å²) in [6.45, 7) is 5.30. The fourth-order valence-corrected chi connectivity index (χ4v) is 3.56. The van der Waals surface area contributed by atoms with Crippen LogP contribution >= 0.6 is 11.3 Å². The molecule has 27 heavy (non-hydrogen) atoms. The van der Waals surface area contributed by atoms with Crippen LogP contribution < -0.4 is 9.47 Å². The van der Waals surface area contributed by atoms with E-state index in [1.165, 1.54) is 11.3 Å². The fourth-order valence-electron chi connectivity index (χ4n) is 2.62. The Bertz CT molecular complexity index is 952. The zero-order valence-corrected chi connectivity index (χ0v) is 16.4. The standard InChI is InChI=1S/C22H22N2O2S/c1-3-5-12-26-19-11-10-16(14-20(19)25-4-2)13-17(15-23)22-24-18-8-6-7-9-21(18)27-22/h6-11,13-14H,3-5,12H2,1-2H3. The molecule has 0 aliphatic heterocycles. The minimum absolute atomic E-state index is 0.540. The van der Waals surface area contributed by atoms with Crippen LogP contribution in [0.15, 0.2) is 42.5 Å².